The number of anilines is 1. The van der Waals surface area contributed by atoms with Gasteiger partial charge in [-0.25, -0.2) is 4.98 Å². The minimum atomic E-state index is -3.81. The largest absolute Gasteiger partial charge is 0.366 e. The number of amides is 1. The molecule has 9 heteroatoms. The van der Waals surface area contributed by atoms with E-state index in [1.54, 1.807) is 6.92 Å². The van der Waals surface area contributed by atoms with Gasteiger partial charge in [0, 0.05) is 5.69 Å². The van der Waals surface area contributed by atoms with Crippen molar-refractivity contribution in [1.82, 2.24) is 9.97 Å². The Bertz CT molecular complexity index is 770. The van der Waals surface area contributed by atoms with E-state index in [-0.39, 0.29) is 21.3 Å². The molecule has 0 fully saturated rings. The van der Waals surface area contributed by atoms with Gasteiger partial charge in [0.05, 0.1) is 16.8 Å². The van der Waals surface area contributed by atoms with Crippen LogP contribution in [0.2, 0.25) is 5.02 Å². The van der Waals surface area contributed by atoms with Crippen LogP contribution in [0.5, 0.6) is 0 Å². The Morgan fingerprint density at radius 3 is 2.70 bits per heavy atom. The standard InChI is InChI=1S/C11H11ClN4O3S/c1-6-14-5-10(15-6)20(18,19)16-7-2-3-9(12)8(4-7)11(13)17/h2-5,16H,1H3,(H2,13,17)(H,14,15). The van der Waals surface area contributed by atoms with Crippen LogP contribution in [0.3, 0.4) is 0 Å². The second-order valence-corrected chi connectivity index (χ2v) is 6.06. The first-order valence-corrected chi connectivity index (χ1v) is 7.29. The van der Waals surface area contributed by atoms with Crippen molar-refractivity contribution in [2.24, 2.45) is 5.73 Å². The maximum absolute atomic E-state index is 12.0. The van der Waals surface area contributed by atoms with Crippen molar-refractivity contribution >= 4 is 33.2 Å². The Morgan fingerprint density at radius 1 is 1.45 bits per heavy atom. The van der Waals surface area contributed by atoms with E-state index < -0.39 is 15.9 Å². The summed E-state index contributed by atoms with van der Waals surface area (Å²) in [6, 6.07) is 4.08. The Morgan fingerprint density at radius 2 is 2.15 bits per heavy atom. The van der Waals surface area contributed by atoms with Gasteiger partial charge in [0.2, 0.25) is 5.91 Å². The van der Waals surface area contributed by atoms with Crippen LogP contribution < -0.4 is 10.5 Å². The smallest absolute Gasteiger partial charge is 0.278 e. The van der Waals surface area contributed by atoms with Crippen molar-refractivity contribution in [3.63, 3.8) is 0 Å². The molecular formula is C11H11ClN4O3S. The highest BCUT2D eigenvalue weighted by Gasteiger charge is 2.17. The molecule has 2 aromatic rings. The first kappa shape index (κ1) is 14.4. The zero-order chi connectivity index (χ0) is 14.9. The van der Waals surface area contributed by atoms with Crippen molar-refractivity contribution < 1.29 is 13.2 Å². The molecule has 0 saturated carbocycles. The summed E-state index contributed by atoms with van der Waals surface area (Å²) in [4.78, 5) is 17.6. The van der Waals surface area contributed by atoms with Crippen LogP contribution in [0.25, 0.3) is 0 Å². The molecule has 0 atom stereocenters. The monoisotopic (exact) mass is 314 g/mol. The topological polar surface area (TPSA) is 118 Å². The van der Waals surface area contributed by atoms with Gasteiger partial charge >= 0.3 is 0 Å². The number of primary amides is 1. The Hall–Kier alpha value is -2.06. The second kappa shape index (κ2) is 5.14. The number of carbonyl (C=O) groups excluding carboxylic acids is 1. The summed E-state index contributed by atoms with van der Waals surface area (Å²) in [7, 11) is -3.81. The number of benzene rings is 1. The number of aromatic nitrogens is 2. The lowest BCUT2D eigenvalue weighted by Gasteiger charge is -2.08. The van der Waals surface area contributed by atoms with E-state index >= 15 is 0 Å². The summed E-state index contributed by atoms with van der Waals surface area (Å²) in [6.45, 7) is 1.63. The van der Waals surface area contributed by atoms with Gasteiger partial charge < -0.3 is 10.7 Å². The first-order valence-electron chi connectivity index (χ1n) is 5.43. The number of aromatic amines is 1. The van der Waals surface area contributed by atoms with Crippen molar-refractivity contribution in [2.75, 3.05) is 4.72 Å². The highest BCUT2D eigenvalue weighted by Crippen LogP contribution is 2.22. The summed E-state index contributed by atoms with van der Waals surface area (Å²) in [5.41, 5.74) is 5.36. The molecule has 0 unspecified atom stereocenters. The number of sulfonamides is 1. The first-order chi connectivity index (χ1) is 9.29. The molecular weight excluding hydrogens is 304 g/mol. The van der Waals surface area contributed by atoms with Crippen LogP contribution in [0, 0.1) is 6.92 Å². The molecule has 0 bridgehead atoms. The number of nitrogens with zero attached hydrogens (tertiary/aromatic N) is 1. The van der Waals surface area contributed by atoms with E-state index in [0.29, 0.717) is 5.82 Å². The minimum absolute atomic E-state index is 0.0349. The molecule has 106 valence electrons. The highest BCUT2D eigenvalue weighted by molar-refractivity contribution is 7.92. The Balaban J connectivity index is 2.35. The zero-order valence-electron chi connectivity index (χ0n) is 10.3. The molecule has 1 heterocycles. The Labute approximate surface area is 120 Å². The molecule has 0 aliphatic heterocycles. The lowest BCUT2D eigenvalue weighted by atomic mass is 10.2. The fraction of sp³-hybridized carbons (Fsp3) is 0.0909. The number of aryl methyl sites for hydroxylation is 1. The molecule has 4 N–H and O–H groups in total. The highest BCUT2D eigenvalue weighted by atomic mass is 35.5. The number of nitrogens with two attached hydrogens (primary N) is 1. The number of H-pyrrole nitrogens is 1. The van der Waals surface area contributed by atoms with Gasteiger partial charge in [-0.3, -0.25) is 9.52 Å². The third-order valence-corrected chi connectivity index (χ3v) is 4.07. The molecule has 2 rings (SSSR count). The van der Waals surface area contributed by atoms with Gasteiger partial charge in [-0.05, 0) is 25.1 Å². The normalized spacial score (nSPS) is 11.3. The molecule has 0 saturated heterocycles. The molecule has 1 aromatic heterocycles. The van der Waals surface area contributed by atoms with Crippen molar-refractivity contribution in [1.29, 1.82) is 0 Å². The van der Waals surface area contributed by atoms with E-state index in [1.807, 2.05) is 0 Å². The van der Waals surface area contributed by atoms with Gasteiger partial charge in [0.15, 0.2) is 5.03 Å². The SMILES string of the molecule is Cc1ncc(S(=O)(=O)Nc2ccc(Cl)c(C(N)=O)c2)[nH]1. The molecule has 0 radical (unpaired) electrons. The number of hydrogen-bond acceptors (Lipinski definition) is 4. The fourth-order valence-corrected chi connectivity index (χ4v) is 2.75. The van der Waals surface area contributed by atoms with Gasteiger partial charge in [-0.1, -0.05) is 11.6 Å². The van der Waals surface area contributed by atoms with Crippen LogP contribution in [0.1, 0.15) is 16.2 Å². The molecule has 0 spiro atoms. The van der Waals surface area contributed by atoms with Gasteiger partial charge in [-0.15, -0.1) is 0 Å². The lowest BCUT2D eigenvalue weighted by molar-refractivity contribution is 0.100. The van der Waals surface area contributed by atoms with Crippen molar-refractivity contribution in [3.8, 4) is 0 Å². The summed E-state index contributed by atoms with van der Waals surface area (Å²) in [5.74, 6) is -0.271. The van der Waals surface area contributed by atoms with E-state index in [2.05, 4.69) is 14.7 Å². The van der Waals surface area contributed by atoms with Gasteiger partial charge in [0.1, 0.15) is 5.82 Å². The van der Waals surface area contributed by atoms with Crippen LogP contribution >= 0.6 is 11.6 Å². The van der Waals surface area contributed by atoms with Gasteiger partial charge in [0.25, 0.3) is 10.0 Å². The average molecular weight is 315 g/mol. The van der Waals surface area contributed by atoms with E-state index in [1.165, 1.54) is 24.4 Å². The third kappa shape index (κ3) is 2.91. The number of halogens is 1. The number of rotatable bonds is 4. The number of hydrogen-bond donors (Lipinski definition) is 3. The van der Waals surface area contributed by atoms with E-state index in [4.69, 9.17) is 17.3 Å². The van der Waals surface area contributed by atoms with Crippen LogP contribution in [0.4, 0.5) is 5.69 Å². The molecule has 1 amide bonds. The van der Waals surface area contributed by atoms with Crippen LogP contribution in [-0.4, -0.2) is 24.3 Å². The molecule has 1 aromatic carbocycles. The van der Waals surface area contributed by atoms with Crippen LogP contribution in [0.15, 0.2) is 29.4 Å². The molecule has 7 nitrogen and oxygen atoms in total. The number of carbonyl (C=O) groups is 1. The van der Waals surface area contributed by atoms with Crippen molar-refractivity contribution in [3.05, 3.63) is 40.8 Å². The molecule has 0 aliphatic rings. The maximum Gasteiger partial charge on any atom is 0.278 e. The van der Waals surface area contributed by atoms with E-state index in [0.717, 1.165) is 0 Å². The fourth-order valence-electron chi connectivity index (χ4n) is 1.52. The molecule has 0 aliphatic carbocycles. The number of imidazole rings is 1. The summed E-state index contributed by atoms with van der Waals surface area (Å²) < 4.78 is 26.4. The summed E-state index contributed by atoms with van der Waals surface area (Å²) >= 11 is 5.79. The average Bonchev–Trinajstić information content (AvgIpc) is 2.78. The van der Waals surface area contributed by atoms with E-state index in [9.17, 15) is 13.2 Å². The predicted octanol–water partition coefficient (Wildman–Crippen LogP) is 1.27. The second-order valence-electron chi connectivity index (χ2n) is 4.00. The Kier molecular flexibility index (Phi) is 3.69. The third-order valence-electron chi connectivity index (χ3n) is 2.45. The summed E-state index contributed by atoms with van der Waals surface area (Å²) in [5, 5.41) is 0.0726. The van der Waals surface area contributed by atoms with Crippen molar-refractivity contribution in [2.45, 2.75) is 11.9 Å². The number of nitrogens with one attached hydrogen (secondary N) is 2. The minimum Gasteiger partial charge on any atom is -0.366 e. The van der Waals surface area contributed by atoms with Crippen LogP contribution in [-0.2, 0) is 10.0 Å². The van der Waals surface area contributed by atoms with Gasteiger partial charge in [-0.2, -0.15) is 8.42 Å². The zero-order valence-corrected chi connectivity index (χ0v) is 11.9. The maximum atomic E-state index is 12.0. The predicted molar refractivity (Wildman–Crippen MR) is 74.1 cm³/mol. The molecule has 20 heavy (non-hydrogen) atoms. The summed E-state index contributed by atoms with van der Waals surface area (Å²) in [6.07, 6.45) is 1.20. The lowest BCUT2D eigenvalue weighted by Crippen LogP contribution is -2.15. The quantitative estimate of drug-likeness (QED) is 0.787.